The van der Waals surface area contributed by atoms with Crippen LogP contribution in [0.1, 0.15) is 25.0 Å². The van der Waals surface area contributed by atoms with Gasteiger partial charge in [-0.05, 0) is 74.8 Å². The van der Waals surface area contributed by atoms with Crippen molar-refractivity contribution in [2.75, 3.05) is 0 Å². The topological polar surface area (TPSA) is 48.5 Å². The maximum atomic E-state index is 5.47. The van der Waals surface area contributed by atoms with Crippen molar-refractivity contribution in [3.63, 3.8) is 0 Å². The second kappa shape index (κ2) is 14.3. The van der Waals surface area contributed by atoms with Crippen LogP contribution in [-0.2, 0) is 5.41 Å². The van der Waals surface area contributed by atoms with Crippen LogP contribution < -0.4 is 0 Å². The fourth-order valence-electron chi connectivity index (χ4n) is 10.5. The van der Waals surface area contributed by atoms with Crippen molar-refractivity contribution >= 4 is 43.6 Å². The third-order valence-electron chi connectivity index (χ3n) is 13.6. The highest BCUT2D eigenvalue weighted by molar-refractivity contribution is 6.23. The summed E-state index contributed by atoms with van der Waals surface area (Å²) in [5.41, 5.74) is 17.0. The minimum absolute atomic E-state index is 0.108. The molecule has 3 heterocycles. The predicted molar refractivity (Wildman–Crippen MR) is 268 cm³/mol. The number of hydrogen-bond acceptors (Lipinski definition) is 3. The highest BCUT2D eigenvalue weighted by Gasteiger charge is 2.35. The largest absolute Gasteiger partial charge is 0.307 e. The number of fused-ring (bicyclic) bond motifs is 10. The molecule has 65 heavy (non-hydrogen) atoms. The minimum Gasteiger partial charge on any atom is -0.307 e. The first kappa shape index (κ1) is 37.2. The Morgan fingerprint density at radius 2 is 0.846 bits per heavy atom. The van der Waals surface area contributed by atoms with Crippen LogP contribution in [0.25, 0.3) is 111 Å². The first-order chi connectivity index (χ1) is 32.0. The minimum atomic E-state index is -0.108. The molecule has 306 valence electrons. The summed E-state index contributed by atoms with van der Waals surface area (Å²) in [5.74, 6) is 1.82. The van der Waals surface area contributed by atoms with Crippen LogP contribution >= 0.6 is 0 Å². The van der Waals surface area contributed by atoms with Gasteiger partial charge in [-0.3, -0.25) is 4.57 Å². The van der Waals surface area contributed by atoms with Gasteiger partial charge >= 0.3 is 0 Å². The quantitative estimate of drug-likeness (QED) is 0.168. The summed E-state index contributed by atoms with van der Waals surface area (Å²) in [6.45, 7) is 4.63. The highest BCUT2D eigenvalue weighted by atomic mass is 15.2. The molecule has 3 aromatic heterocycles. The monoisotopic (exact) mass is 831 g/mol. The molecule has 12 aromatic rings. The molecule has 5 nitrogen and oxygen atoms in total. The average molecular weight is 832 g/mol. The first-order valence-electron chi connectivity index (χ1n) is 22.3. The Balaban J connectivity index is 1.07. The Morgan fingerprint density at radius 3 is 1.55 bits per heavy atom. The van der Waals surface area contributed by atoms with Crippen LogP contribution in [0.3, 0.4) is 0 Å². The van der Waals surface area contributed by atoms with Gasteiger partial charge in [-0.1, -0.05) is 196 Å². The third-order valence-corrected chi connectivity index (χ3v) is 13.6. The number of hydrogen-bond donors (Lipinski definition) is 0. The molecule has 0 saturated carbocycles. The van der Waals surface area contributed by atoms with E-state index in [-0.39, 0.29) is 5.41 Å². The van der Waals surface area contributed by atoms with Crippen LogP contribution in [0.2, 0.25) is 0 Å². The van der Waals surface area contributed by atoms with Crippen LogP contribution in [-0.4, -0.2) is 24.1 Å². The fraction of sp³-hybridized carbons (Fsp3) is 0.0500. The summed E-state index contributed by atoms with van der Waals surface area (Å²) in [6.07, 6.45) is 0. The maximum Gasteiger partial charge on any atom is 0.238 e. The molecule has 0 fully saturated rings. The molecule has 5 heteroatoms. The molecule has 0 amide bonds. The van der Waals surface area contributed by atoms with Crippen molar-refractivity contribution in [2.24, 2.45) is 0 Å². The van der Waals surface area contributed by atoms with Gasteiger partial charge in [0.25, 0.3) is 0 Å². The van der Waals surface area contributed by atoms with E-state index < -0.39 is 0 Å². The lowest BCUT2D eigenvalue weighted by Crippen LogP contribution is -2.14. The number of para-hydroxylation sites is 2. The number of rotatable bonds is 6. The Labute approximate surface area is 376 Å². The molecule has 1 aliphatic rings. The zero-order valence-corrected chi connectivity index (χ0v) is 35.9. The van der Waals surface area contributed by atoms with Gasteiger partial charge in [-0.15, -0.1) is 0 Å². The fourth-order valence-corrected chi connectivity index (χ4v) is 10.5. The summed E-state index contributed by atoms with van der Waals surface area (Å²) in [6, 6.07) is 76.1. The SMILES string of the molecule is CC1(C)c2ccccc2-c2cc(-c3nc(-c4ccccc4)nc(-n4c5ccccc5c5ccc6c7ccccc7n(-c7cccc(-c8ccc(-c9ccccc9)cc8)c7)c6c54)n3)ccc21. The van der Waals surface area contributed by atoms with Gasteiger partial charge in [0.2, 0.25) is 5.95 Å². The lowest BCUT2D eigenvalue weighted by Gasteiger charge is -2.21. The molecule has 0 bridgehead atoms. The van der Waals surface area contributed by atoms with Crippen LogP contribution in [0.4, 0.5) is 0 Å². The Morgan fingerprint density at radius 1 is 0.338 bits per heavy atom. The van der Waals surface area contributed by atoms with E-state index in [0.717, 1.165) is 66.2 Å². The van der Waals surface area contributed by atoms with E-state index in [2.05, 4.69) is 217 Å². The molecule has 9 aromatic carbocycles. The summed E-state index contributed by atoms with van der Waals surface area (Å²) in [5, 5.41) is 4.60. The molecule has 0 aliphatic heterocycles. The second-order valence-corrected chi connectivity index (χ2v) is 17.6. The lowest BCUT2D eigenvalue weighted by molar-refractivity contribution is 0.660. The van der Waals surface area contributed by atoms with Gasteiger partial charge in [-0.25, -0.2) is 4.98 Å². The van der Waals surface area contributed by atoms with E-state index in [4.69, 9.17) is 15.0 Å². The second-order valence-electron chi connectivity index (χ2n) is 17.6. The zero-order chi connectivity index (χ0) is 43.2. The van der Waals surface area contributed by atoms with Crippen molar-refractivity contribution in [1.82, 2.24) is 24.1 Å². The summed E-state index contributed by atoms with van der Waals surface area (Å²) in [7, 11) is 0. The standard InChI is InChI=1S/C60H41N5/c1-60(2)51-25-12-9-22-45(51)50-37-43(32-35-52(50)60)58-61-57(41-18-7-4-8-19-41)62-59(63-58)65-54-27-14-11-24-47(54)49-34-33-48-46-23-10-13-26-53(46)64(55(48)56(49)65)44-21-15-20-42(36-44)40-30-28-39(29-31-40)38-16-5-3-6-17-38/h3-37H,1-2H3. The van der Waals surface area contributed by atoms with Crippen LogP contribution in [0, 0.1) is 0 Å². The van der Waals surface area contributed by atoms with E-state index in [9.17, 15) is 0 Å². The number of benzene rings is 9. The molecule has 0 N–H and O–H groups in total. The summed E-state index contributed by atoms with van der Waals surface area (Å²) in [4.78, 5) is 16.1. The summed E-state index contributed by atoms with van der Waals surface area (Å²) >= 11 is 0. The van der Waals surface area contributed by atoms with Gasteiger partial charge in [-0.2, -0.15) is 9.97 Å². The molecule has 0 atom stereocenters. The molecular formula is C60H41N5. The zero-order valence-electron chi connectivity index (χ0n) is 35.9. The van der Waals surface area contributed by atoms with Crippen molar-refractivity contribution in [3.05, 3.63) is 223 Å². The van der Waals surface area contributed by atoms with E-state index in [1.54, 1.807) is 0 Å². The summed E-state index contributed by atoms with van der Waals surface area (Å²) < 4.78 is 4.71. The maximum absolute atomic E-state index is 5.47. The molecule has 0 saturated heterocycles. The normalized spacial score (nSPS) is 12.9. The van der Waals surface area contributed by atoms with E-state index in [0.29, 0.717) is 17.6 Å². The predicted octanol–water partition coefficient (Wildman–Crippen LogP) is 15.0. The van der Waals surface area contributed by atoms with Crippen LogP contribution in [0.5, 0.6) is 0 Å². The molecule has 1 aliphatic carbocycles. The van der Waals surface area contributed by atoms with Crippen molar-refractivity contribution in [2.45, 2.75) is 19.3 Å². The van der Waals surface area contributed by atoms with Crippen LogP contribution in [0.15, 0.2) is 212 Å². The molecule has 0 radical (unpaired) electrons. The molecular weight excluding hydrogens is 791 g/mol. The van der Waals surface area contributed by atoms with Crippen molar-refractivity contribution in [3.8, 4) is 67.8 Å². The van der Waals surface area contributed by atoms with Gasteiger partial charge in [0.15, 0.2) is 11.6 Å². The van der Waals surface area contributed by atoms with E-state index >= 15 is 0 Å². The highest BCUT2D eigenvalue weighted by Crippen LogP contribution is 2.49. The van der Waals surface area contributed by atoms with Gasteiger partial charge in [0.1, 0.15) is 0 Å². The van der Waals surface area contributed by atoms with Gasteiger partial charge in [0.05, 0.1) is 22.1 Å². The average Bonchev–Trinajstić information content (AvgIpc) is 3.97. The first-order valence-corrected chi connectivity index (χ1v) is 22.3. The molecule has 0 unspecified atom stereocenters. The lowest BCUT2D eigenvalue weighted by atomic mass is 9.82. The third kappa shape index (κ3) is 5.75. The van der Waals surface area contributed by atoms with Gasteiger partial charge < -0.3 is 4.57 Å². The van der Waals surface area contributed by atoms with E-state index in [1.165, 1.54) is 38.8 Å². The van der Waals surface area contributed by atoms with E-state index in [1.807, 2.05) is 18.2 Å². The number of nitrogens with zero attached hydrogens (tertiary/aromatic N) is 5. The Hall–Kier alpha value is -8.41. The number of aromatic nitrogens is 5. The van der Waals surface area contributed by atoms with Crippen molar-refractivity contribution in [1.29, 1.82) is 0 Å². The molecule has 0 spiro atoms. The van der Waals surface area contributed by atoms with Crippen molar-refractivity contribution < 1.29 is 0 Å². The Bertz CT molecular complexity index is 3840. The Kier molecular flexibility index (Phi) is 8.18. The molecule has 13 rings (SSSR count). The van der Waals surface area contributed by atoms with Gasteiger partial charge in [0, 0.05) is 43.8 Å². The smallest absolute Gasteiger partial charge is 0.238 e.